The van der Waals surface area contributed by atoms with Crippen molar-refractivity contribution in [2.45, 2.75) is 27.2 Å². The van der Waals surface area contributed by atoms with Crippen molar-refractivity contribution in [1.82, 2.24) is 0 Å². The second-order valence-corrected chi connectivity index (χ2v) is 8.98. The highest BCUT2D eigenvalue weighted by Crippen LogP contribution is 2.36. The molecule has 2 aromatic carbocycles. The van der Waals surface area contributed by atoms with Gasteiger partial charge >= 0.3 is 17.9 Å². The molecule has 0 bridgehead atoms. The Balaban J connectivity index is 0.000000250. The van der Waals surface area contributed by atoms with Gasteiger partial charge in [-0.1, -0.05) is 46.4 Å². The number of carbonyl (C=O) groups excluding carboxylic acids is 3. The molecule has 1 aliphatic heterocycles. The molecule has 0 atom stereocenters. The van der Waals surface area contributed by atoms with E-state index in [-0.39, 0.29) is 31.0 Å². The van der Waals surface area contributed by atoms with Gasteiger partial charge in [-0.3, -0.25) is 4.79 Å². The Kier molecular flexibility index (Phi) is 10.7. The van der Waals surface area contributed by atoms with Crippen LogP contribution in [0.4, 0.5) is 0 Å². The van der Waals surface area contributed by atoms with E-state index in [2.05, 4.69) is 4.74 Å². The van der Waals surface area contributed by atoms with E-state index in [4.69, 9.17) is 55.9 Å². The van der Waals surface area contributed by atoms with Gasteiger partial charge in [0.2, 0.25) is 0 Å². The number of ether oxygens (including phenoxy) is 3. The largest absolute Gasteiger partial charge is 0.508 e. The molecule has 1 aliphatic rings. The van der Waals surface area contributed by atoms with Gasteiger partial charge in [-0.15, -0.1) is 0 Å². The van der Waals surface area contributed by atoms with E-state index in [0.717, 1.165) is 11.1 Å². The highest BCUT2D eigenvalue weighted by molar-refractivity contribution is 6.40. The number of aliphatic hydroxyl groups excluding tert-OH is 1. The predicted octanol–water partition coefficient (Wildman–Crippen LogP) is 6.08. The van der Waals surface area contributed by atoms with Crippen LogP contribution in [-0.2, 0) is 35.0 Å². The highest BCUT2D eigenvalue weighted by Gasteiger charge is 2.29. The first-order valence-corrected chi connectivity index (χ1v) is 11.8. The minimum atomic E-state index is -0.606. The Hall–Kier alpha value is -2.45. The van der Waals surface area contributed by atoms with Crippen LogP contribution in [0, 0.1) is 13.8 Å². The maximum absolute atomic E-state index is 11.6. The van der Waals surface area contributed by atoms with E-state index in [0.29, 0.717) is 31.2 Å². The summed E-state index contributed by atoms with van der Waals surface area (Å²) >= 11 is 24.0. The molecule has 0 spiro atoms. The van der Waals surface area contributed by atoms with Gasteiger partial charge in [0.25, 0.3) is 0 Å². The number of cyclic esters (lactones) is 1. The van der Waals surface area contributed by atoms with Crippen LogP contribution in [0.3, 0.4) is 0 Å². The van der Waals surface area contributed by atoms with Crippen LogP contribution in [0.15, 0.2) is 30.0 Å². The lowest BCUT2D eigenvalue weighted by Gasteiger charge is -2.08. The number of rotatable bonds is 6. The van der Waals surface area contributed by atoms with Crippen molar-refractivity contribution in [3.05, 3.63) is 72.4 Å². The number of benzene rings is 2. The third-order valence-corrected chi connectivity index (χ3v) is 5.80. The number of hydrogen-bond donors (Lipinski definition) is 1. The van der Waals surface area contributed by atoms with Crippen molar-refractivity contribution in [3.63, 3.8) is 0 Å². The summed E-state index contributed by atoms with van der Waals surface area (Å²) in [6.07, 6.45) is -0.0860. The lowest BCUT2D eigenvalue weighted by atomic mass is 10.0. The lowest BCUT2D eigenvalue weighted by molar-refractivity contribution is -0.158. The maximum Gasteiger partial charge on any atom is 0.344 e. The lowest BCUT2D eigenvalue weighted by Crippen LogP contribution is -2.17. The van der Waals surface area contributed by atoms with Gasteiger partial charge in [-0.2, -0.15) is 0 Å². The third kappa shape index (κ3) is 8.04. The summed E-state index contributed by atoms with van der Waals surface area (Å²) in [6.45, 7) is 5.06. The zero-order valence-corrected chi connectivity index (χ0v) is 22.1. The van der Waals surface area contributed by atoms with Gasteiger partial charge in [-0.25, -0.2) is 9.59 Å². The van der Waals surface area contributed by atoms with Crippen molar-refractivity contribution < 1.29 is 33.7 Å². The number of esters is 3. The highest BCUT2D eigenvalue weighted by atomic mass is 35.5. The Morgan fingerprint density at radius 3 is 1.89 bits per heavy atom. The van der Waals surface area contributed by atoms with E-state index < -0.39 is 24.5 Å². The molecule has 0 radical (unpaired) electrons. The zero-order valence-electron chi connectivity index (χ0n) is 19.0. The molecule has 0 aliphatic carbocycles. The average molecular weight is 564 g/mol. The van der Waals surface area contributed by atoms with Crippen LogP contribution in [0.5, 0.6) is 0 Å². The van der Waals surface area contributed by atoms with E-state index in [9.17, 15) is 19.5 Å². The van der Waals surface area contributed by atoms with Gasteiger partial charge in [0.15, 0.2) is 6.61 Å². The molecule has 0 aromatic heterocycles. The number of aliphatic hydroxyl groups is 1. The fourth-order valence-corrected chi connectivity index (χ4v) is 4.53. The molecule has 11 heteroatoms. The molecule has 1 heterocycles. The molecule has 0 fully saturated rings. The van der Waals surface area contributed by atoms with Gasteiger partial charge < -0.3 is 19.3 Å². The minimum Gasteiger partial charge on any atom is -0.508 e. The van der Waals surface area contributed by atoms with Crippen molar-refractivity contribution in [2.24, 2.45) is 0 Å². The molecule has 0 amide bonds. The summed E-state index contributed by atoms with van der Waals surface area (Å²) < 4.78 is 14.1. The Bertz CT molecular complexity index is 1130. The number of halogens is 4. The second kappa shape index (κ2) is 13.0. The zero-order chi connectivity index (χ0) is 26.3. The first kappa shape index (κ1) is 28.8. The van der Waals surface area contributed by atoms with Gasteiger partial charge in [-0.05, 0) is 56.2 Å². The van der Waals surface area contributed by atoms with Crippen LogP contribution in [-0.4, -0.2) is 42.8 Å². The maximum atomic E-state index is 11.6. The smallest absolute Gasteiger partial charge is 0.344 e. The van der Waals surface area contributed by atoms with Gasteiger partial charge in [0.1, 0.15) is 17.9 Å². The van der Waals surface area contributed by atoms with Crippen LogP contribution in [0.1, 0.15) is 29.2 Å². The molecular weight excluding hydrogens is 542 g/mol. The summed E-state index contributed by atoms with van der Waals surface area (Å²) in [4.78, 5) is 34.0. The third-order valence-electron chi connectivity index (χ3n) is 4.53. The molecule has 0 unspecified atom stereocenters. The average Bonchev–Trinajstić information content (AvgIpc) is 3.07. The summed E-state index contributed by atoms with van der Waals surface area (Å²) in [6, 6.07) is 6.77. The first-order chi connectivity index (χ1) is 16.4. The summed E-state index contributed by atoms with van der Waals surface area (Å²) in [5, 5.41) is 11.0. The van der Waals surface area contributed by atoms with Crippen LogP contribution < -0.4 is 0 Å². The molecular formula is C24H22Cl4O7. The quantitative estimate of drug-likeness (QED) is 0.336. The minimum absolute atomic E-state index is 0.0509. The Morgan fingerprint density at radius 2 is 1.43 bits per heavy atom. The number of aryl methyl sites for hydroxylation is 2. The van der Waals surface area contributed by atoms with Crippen LogP contribution >= 0.6 is 46.4 Å². The van der Waals surface area contributed by atoms with Gasteiger partial charge in [0, 0.05) is 21.2 Å². The van der Waals surface area contributed by atoms with E-state index >= 15 is 0 Å². The van der Waals surface area contributed by atoms with Crippen molar-refractivity contribution >= 4 is 69.9 Å². The molecule has 188 valence electrons. The SMILES string of the molecule is CCOC(=O)COC(=O)Cc1c(Cl)cc(C)cc1Cl.Cc1cc(Cl)c(C2=C(O)COC2=O)c(Cl)c1. The molecule has 0 saturated heterocycles. The molecule has 3 rings (SSSR count). The van der Waals surface area contributed by atoms with Crippen molar-refractivity contribution in [1.29, 1.82) is 0 Å². The van der Waals surface area contributed by atoms with Gasteiger partial charge in [0.05, 0.1) is 23.1 Å². The summed E-state index contributed by atoms with van der Waals surface area (Å²) in [5.41, 5.74) is 2.65. The second-order valence-electron chi connectivity index (χ2n) is 7.35. The molecule has 1 N–H and O–H groups in total. The van der Waals surface area contributed by atoms with Crippen LogP contribution in [0.2, 0.25) is 20.1 Å². The Morgan fingerprint density at radius 1 is 0.914 bits per heavy atom. The molecule has 7 nitrogen and oxygen atoms in total. The molecule has 0 saturated carbocycles. The molecule has 35 heavy (non-hydrogen) atoms. The summed E-state index contributed by atoms with van der Waals surface area (Å²) in [5.74, 6) is -1.92. The van der Waals surface area contributed by atoms with E-state index in [1.807, 2.05) is 13.8 Å². The van der Waals surface area contributed by atoms with Crippen LogP contribution in [0.25, 0.3) is 5.57 Å². The Labute approximate surface area is 222 Å². The van der Waals surface area contributed by atoms with E-state index in [1.54, 1.807) is 31.2 Å². The normalized spacial score (nSPS) is 12.6. The van der Waals surface area contributed by atoms with Crippen molar-refractivity contribution in [2.75, 3.05) is 19.8 Å². The topological polar surface area (TPSA) is 99.1 Å². The fourth-order valence-electron chi connectivity index (χ4n) is 3.02. The number of hydrogen-bond acceptors (Lipinski definition) is 7. The van der Waals surface area contributed by atoms with Crippen molar-refractivity contribution in [3.8, 4) is 0 Å². The first-order valence-electron chi connectivity index (χ1n) is 10.3. The standard InChI is InChI=1S/C13H14Cl2O4.C11H8Cl2O3/c1-3-18-13(17)7-19-12(16)6-9-10(14)4-8(2)5-11(9)15;1-5-2-6(12)9(7(13)3-5)10-8(14)4-16-11(10)15/h4-5H,3,6-7H2,1-2H3;2-3,14H,4H2,1H3. The summed E-state index contributed by atoms with van der Waals surface area (Å²) in [7, 11) is 0. The predicted molar refractivity (Wildman–Crippen MR) is 134 cm³/mol. The number of carbonyl (C=O) groups is 3. The molecule has 2 aromatic rings. The monoisotopic (exact) mass is 562 g/mol. The van der Waals surface area contributed by atoms with E-state index in [1.165, 1.54) is 0 Å². The fraction of sp³-hybridized carbons (Fsp3) is 0.292.